The van der Waals surface area contributed by atoms with Crippen LogP contribution in [0.25, 0.3) is 0 Å². The molecule has 0 aromatic carbocycles. The van der Waals surface area contributed by atoms with E-state index >= 15 is 0 Å². The topological polar surface area (TPSA) is 63.8 Å². The Morgan fingerprint density at radius 1 is 1.62 bits per heavy atom. The largest absolute Gasteiger partial charge is 0.388 e. The van der Waals surface area contributed by atoms with Crippen LogP contribution in [0.1, 0.15) is 38.8 Å². The lowest BCUT2D eigenvalue weighted by Crippen LogP contribution is -2.19. The number of hydrogen-bond donors (Lipinski definition) is 2. The first-order chi connectivity index (χ1) is 7.63. The lowest BCUT2D eigenvalue weighted by Gasteiger charge is -2.13. The summed E-state index contributed by atoms with van der Waals surface area (Å²) in [7, 11) is 0. The fourth-order valence-electron chi connectivity index (χ4n) is 1.37. The summed E-state index contributed by atoms with van der Waals surface area (Å²) in [6.45, 7) is 4.29. The van der Waals surface area contributed by atoms with E-state index < -0.39 is 0 Å². The summed E-state index contributed by atoms with van der Waals surface area (Å²) in [4.78, 5) is 8.66. The normalized spacial score (nSPS) is 12.1. The second kappa shape index (κ2) is 6.37. The first kappa shape index (κ1) is 12.8. The number of aromatic nitrogens is 2. The average molecular weight is 238 g/mol. The maximum atomic E-state index is 5.51. The van der Waals surface area contributed by atoms with E-state index in [1.807, 2.05) is 0 Å². The smallest absolute Gasteiger partial charge is 0.223 e. The van der Waals surface area contributed by atoms with E-state index in [9.17, 15) is 0 Å². The van der Waals surface area contributed by atoms with Crippen molar-refractivity contribution in [2.75, 3.05) is 5.32 Å². The third kappa shape index (κ3) is 4.10. The molecule has 1 rings (SSSR count). The quantitative estimate of drug-likeness (QED) is 0.743. The molecule has 1 aromatic rings. The van der Waals surface area contributed by atoms with E-state index in [0.29, 0.717) is 22.7 Å². The summed E-state index contributed by atoms with van der Waals surface area (Å²) in [5.41, 5.74) is 6.11. The molecule has 5 heteroatoms. The van der Waals surface area contributed by atoms with Gasteiger partial charge in [-0.25, -0.2) is 9.97 Å². The molecule has 1 atom stereocenters. The molecule has 0 fully saturated rings. The van der Waals surface area contributed by atoms with Crippen molar-refractivity contribution >= 4 is 23.2 Å². The van der Waals surface area contributed by atoms with E-state index in [2.05, 4.69) is 29.1 Å². The Morgan fingerprint density at radius 3 is 3.00 bits per heavy atom. The molecular weight excluding hydrogens is 220 g/mol. The molecule has 0 aliphatic carbocycles. The summed E-state index contributed by atoms with van der Waals surface area (Å²) in [5.74, 6) is 0.592. The van der Waals surface area contributed by atoms with Gasteiger partial charge in [0.2, 0.25) is 5.95 Å². The summed E-state index contributed by atoms with van der Waals surface area (Å²) in [6, 6.07) is 2.08. The minimum Gasteiger partial charge on any atom is -0.388 e. The van der Waals surface area contributed by atoms with Gasteiger partial charge in [0.05, 0.1) is 0 Å². The number of unbranched alkanes of at least 4 members (excludes halogenated alkanes) is 1. The zero-order valence-electron chi connectivity index (χ0n) is 9.73. The van der Waals surface area contributed by atoms with Crippen LogP contribution in [0.2, 0.25) is 0 Å². The predicted octanol–water partition coefficient (Wildman–Crippen LogP) is 2.10. The molecule has 0 amide bonds. The zero-order chi connectivity index (χ0) is 12.0. The van der Waals surface area contributed by atoms with Crippen molar-refractivity contribution in [3.63, 3.8) is 0 Å². The molecular formula is C11H18N4S. The molecule has 0 bridgehead atoms. The summed E-state index contributed by atoms with van der Waals surface area (Å²) >= 11 is 4.86. The Labute approximate surface area is 102 Å². The third-order valence-corrected chi connectivity index (χ3v) is 2.48. The molecule has 0 aliphatic heterocycles. The summed E-state index contributed by atoms with van der Waals surface area (Å²) in [5, 5.41) is 3.23. The first-order valence-corrected chi connectivity index (χ1v) is 5.93. The number of thiocarbonyl (C=S) groups is 1. The minimum absolute atomic E-state index is 0.298. The van der Waals surface area contributed by atoms with Gasteiger partial charge in [0.1, 0.15) is 10.7 Å². The van der Waals surface area contributed by atoms with Crippen molar-refractivity contribution in [3.8, 4) is 0 Å². The lowest BCUT2D eigenvalue weighted by molar-refractivity contribution is 0.640. The molecule has 88 valence electrons. The van der Waals surface area contributed by atoms with E-state index in [1.165, 1.54) is 12.8 Å². The maximum Gasteiger partial charge on any atom is 0.223 e. The highest BCUT2D eigenvalue weighted by Gasteiger charge is 2.05. The van der Waals surface area contributed by atoms with E-state index in [1.54, 1.807) is 12.3 Å². The van der Waals surface area contributed by atoms with Crippen LogP contribution < -0.4 is 11.1 Å². The van der Waals surface area contributed by atoms with Crippen LogP contribution in [0, 0.1) is 0 Å². The highest BCUT2D eigenvalue weighted by molar-refractivity contribution is 7.80. The van der Waals surface area contributed by atoms with Crippen LogP contribution in [0.5, 0.6) is 0 Å². The van der Waals surface area contributed by atoms with Crippen molar-refractivity contribution < 1.29 is 0 Å². The Kier molecular flexibility index (Phi) is 5.11. The Hall–Kier alpha value is -1.23. The Morgan fingerprint density at radius 2 is 2.38 bits per heavy atom. The van der Waals surface area contributed by atoms with Crippen LogP contribution in [-0.4, -0.2) is 21.0 Å². The van der Waals surface area contributed by atoms with Crippen LogP contribution in [0.15, 0.2) is 12.3 Å². The van der Waals surface area contributed by atoms with Gasteiger partial charge in [-0.2, -0.15) is 0 Å². The van der Waals surface area contributed by atoms with Crippen LogP contribution in [0.4, 0.5) is 5.95 Å². The molecule has 3 N–H and O–H groups in total. The number of nitrogens with zero attached hydrogens (tertiary/aromatic N) is 2. The van der Waals surface area contributed by atoms with Crippen molar-refractivity contribution in [2.45, 2.75) is 39.2 Å². The average Bonchev–Trinajstić information content (AvgIpc) is 2.26. The Balaban J connectivity index is 2.59. The van der Waals surface area contributed by atoms with Gasteiger partial charge in [-0.05, 0) is 19.4 Å². The molecule has 1 heterocycles. The van der Waals surface area contributed by atoms with Crippen LogP contribution >= 0.6 is 12.2 Å². The van der Waals surface area contributed by atoms with Gasteiger partial charge < -0.3 is 11.1 Å². The molecule has 1 aromatic heterocycles. The molecule has 1 unspecified atom stereocenters. The van der Waals surface area contributed by atoms with Crippen molar-refractivity contribution in [1.29, 1.82) is 0 Å². The second-order valence-corrected chi connectivity index (χ2v) is 4.26. The van der Waals surface area contributed by atoms with Gasteiger partial charge in [-0.1, -0.05) is 32.0 Å². The number of rotatable bonds is 6. The maximum absolute atomic E-state index is 5.51. The second-order valence-electron chi connectivity index (χ2n) is 3.82. The van der Waals surface area contributed by atoms with Crippen LogP contribution in [0.3, 0.4) is 0 Å². The predicted molar refractivity (Wildman–Crippen MR) is 70.5 cm³/mol. The SMILES string of the molecule is CCCCC(C)Nc1nccc(C(N)=S)n1. The van der Waals surface area contributed by atoms with Gasteiger partial charge in [0, 0.05) is 12.2 Å². The number of hydrogen-bond acceptors (Lipinski definition) is 4. The van der Waals surface area contributed by atoms with Gasteiger partial charge in [-0.15, -0.1) is 0 Å². The standard InChI is InChI=1S/C11H18N4S/c1-3-4-5-8(2)14-11-13-7-6-9(15-11)10(12)16/h6-8H,3-5H2,1-2H3,(H2,12,16)(H,13,14,15). The van der Waals surface area contributed by atoms with Crippen molar-refractivity contribution in [3.05, 3.63) is 18.0 Å². The van der Waals surface area contributed by atoms with Crippen molar-refractivity contribution in [1.82, 2.24) is 9.97 Å². The molecule has 4 nitrogen and oxygen atoms in total. The molecule has 0 aliphatic rings. The molecule has 0 spiro atoms. The highest BCUT2D eigenvalue weighted by atomic mass is 32.1. The van der Waals surface area contributed by atoms with E-state index in [4.69, 9.17) is 18.0 Å². The fourth-order valence-corrected chi connectivity index (χ4v) is 1.48. The van der Waals surface area contributed by atoms with Crippen LogP contribution in [-0.2, 0) is 0 Å². The third-order valence-electron chi connectivity index (χ3n) is 2.27. The fraction of sp³-hybridized carbons (Fsp3) is 0.545. The van der Waals surface area contributed by atoms with Crippen molar-refractivity contribution in [2.24, 2.45) is 5.73 Å². The molecule has 0 saturated heterocycles. The van der Waals surface area contributed by atoms with Gasteiger partial charge >= 0.3 is 0 Å². The highest BCUT2D eigenvalue weighted by Crippen LogP contribution is 2.07. The summed E-state index contributed by atoms with van der Waals surface area (Å²) < 4.78 is 0. The zero-order valence-corrected chi connectivity index (χ0v) is 10.5. The number of nitrogens with one attached hydrogen (secondary N) is 1. The van der Waals surface area contributed by atoms with E-state index in [-0.39, 0.29) is 0 Å². The Bertz CT molecular complexity index is 354. The molecule has 0 radical (unpaired) electrons. The number of anilines is 1. The van der Waals surface area contributed by atoms with Gasteiger partial charge in [0.25, 0.3) is 0 Å². The monoisotopic (exact) mass is 238 g/mol. The summed E-state index contributed by atoms with van der Waals surface area (Å²) in [6.07, 6.45) is 5.16. The van der Waals surface area contributed by atoms with Gasteiger partial charge in [0.15, 0.2) is 0 Å². The first-order valence-electron chi connectivity index (χ1n) is 5.53. The van der Waals surface area contributed by atoms with Gasteiger partial charge in [-0.3, -0.25) is 0 Å². The number of nitrogens with two attached hydrogens (primary N) is 1. The van der Waals surface area contributed by atoms with E-state index in [0.717, 1.165) is 6.42 Å². The molecule has 16 heavy (non-hydrogen) atoms. The minimum atomic E-state index is 0.298. The lowest BCUT2D eigenvalue weighted by atomic mass is 10.1. The molecule has 0 saturated carbocycles.